The molecule has 0 amide bonds. The summed E-state index contributed by atoms with van der Waals surface area (Å²) in [5, 5.41) is 0. The Morgan fingerprint density at radius 1 is 1.20 bits per heavy atom. The van der Waals surface area contributed by atoms with Crippen LogP contribution in [0.15, 0.2) is 36.4 Å². The van der Waals surface area contributed by atoms with Gasteiger partial charge in [0.25, 0.3) is 0 Å². The fourth-order valence-electron chi connectivity index (χ4n) is 1.23. The van der Waals surface area contributed by atoms with Crippen molar-refractivity contribution in [2.45, 2.75) is 26.4 Å². The molecule has 1 rings (SSSR count). The van der Waals surface area contributed by atoms with Crippen molar-refractivity contribution in [2.24, 2.45) is 0 Å². The van der Waals surface area contributed by atoms with E-state index in [2.05, 4.69) is 13.6 Å². The molecule has 0 aliphatic heterocycles. The molecular formula is C13H18O6S. The minimum Gasteiger partial charge on any atom is -0.218 e. The molecule has 0 aromatic heterocycles. The molecule has 0 spiro atoms. The van der Waals surface area contributed by atoms with Gasteiger partial charge in [0, 0.05) is 0 Å². The van der Waals surface area contributed by atoms with Crippen molar-refractivity contribution in [1.82, 2.24) is 0 Å². The third-order valence-corrected chi connectivity index (χ3v) is 2.62. The summed E-state index contributed by atoms with van der Waals surface area (Å²) < 4.78 is 30.4. The third kappa shape index (κ3) is 7.37. The summed E-state index contributed by atoms with van der Waals surface area (Å²) in [6, 6.07) is 9.71. The van der Waals surface area contributed by atoms with Crippen LogP contribution < -0.4 is 0 Å². The number of rotatable bonds is 9. The standard InChI is InChI=1S/C13H18O6S/c1-3-16-18-20(14,15)19-17-12(2)8-7-11-13-9-5-4-6-10-13/h4-7,9-12H,3,8H2,1-2H3/b11-7+. The van der Waals surface area contributed by atoms with Crippen molar-refractivity contribution in [2.75, 3.05) is 6.61 Å². The quantitative estimate of drug-likeness (QED) is 0.516. The van der Waals surface area contributed by atoms with Gasteiger partial charge in [-0.15, -0.1) is 0 Å². The van der Waals surface area contributed by atoms with Crippen molar-refractivity contribution >= 4 is 16.5 Å². The van der Waals surface area contributed by atoms with Crippen molar-refractivity contribution in [3.8, 4) is 0 Å². The zero-order chi connectivity index (χ0) is 14.8. The fourth-order valence-corrected chi connectivity index (χ4v) is 1.70. The minimum absolute atomic E-state index is 0.0813. The largest absolute Gasteiger partial charge is 0.453 e. The van der Waals surface area contributed by atoms with Gasteiger partial charge in [0.1, 0.15) is 0 Å². The summed E-state index contributed by atoms with van der Waals surface area (Å²) >= 11 is 0. The Bertz CT molecular complexity index is 497. The van der Waals surface area contributed by atoms with Crippen LogP contribution in [-0.4, -0.2) is 21.1 Å². The lowest BCUT2D eigenvalue weighted by Crippen LogP contribution is -2.15. The van der Waals surface area contributed by atoms with Crippen molar-refractivity contribution in [3.63, 3.8) is 0 Å². The van der Waals surface area contributed by atoms with E-state index in [1.54, 1.807) is 13.8 Å². The Hall–Kier alpha value is -1.25. The summed E-state index contributed by atoms with van der Waals surface area (Å²) in [5.74, 6) is 0. The van der Waals surface area contributed by atoms with E-state index in [1.807, 2.05) is 42.5 Å². The van der Waals surface area contributed by atoms with Gasteiger partial charge in [-0.25, -0.2) is 9.78 Å². The molecule has 0 heterocycles. The summed E-state index contributed by atoms with van der Waals surface area (Å²) in [6.07, 6.45) is 3.80. The Labute approximate surface area is 119 Å². The Balaban J connectivity index is 2.30. The van der Waals surface area contributed by atoms with Crippen LogP contribution >= 0.6 is 0 Å². The van der Waals surface area contributed by atoms with E-state index >= 15 is 0 Å². The highest BCUT2D eigenvalue weighted by Crippen LogP contribution is 2.07. The normalized spacial score (nSPS) is 13.7. The van der Waals surface area contributed by atoms with Gasteiger partial charge >= 0.3 is 10.4 Å². The molecule has 1 unspecified atom stereocenters. The van der Waals surface area contributed by atoms with Crippen molar-refractivity contribution in [3.05, 3.63) is 42.0 Å². The Morgan fingerprint density at radius 3 is 2.55 bits per heavy atom. The highest BCUT2D eigenvalue weighted by Gasteiger charge is 2.16. The summed E-state index contributed by atoms with van der Waals surface area (Å²) in [4.78, 5) is 8.96. The molecule has 1 atom stereocenters. The second kappa shape index (κ2) is 8.83. The highest BCUT2D eigenvalue weighted by molar-refractivity contribution is 7.81. The van der Waals surface area contributed by atoms with Crippen LogP contribution in [0.2, 0.25) is 0 Å². The van der Waals surface area contributed by atoms with E-state index in [-0.39, 0.29) is 6.61 Å². The molecule has 20 heavy (non-hydrogen) atoms. The van der Waals surface area contributed by atoms with E-state index in [1.165, 1.54) is 0 Å². The number of hydrogen-bond donors (Lipinski definition) is 0. The average molecular weight is 302 g/mol. The third-order valence-electron chi connectivity index (χ3n) is 2.11. The first-order valence-corrected chi connectivity index (χ1v) is 7.49. The monoisotopic (exact) mass is 302 g/mol. The molecule has 0 aliphatic carbocycles. The Kier molecular flexibility index (Phi) is 7.42. The van der Waals surface area contributed by atoms with E-state index < -0.39 is 16.5 Å². The van der Waals surface area contributed by atoms with Gasteiger partial charge in [0.05, 0.1) is 12.7 Å². The number of hydrogen-bond acceptors (Lipinski definition) is 6. The maximum Gasteiger partial charge on any atom is 0.453 e. The van der Waals surface area contributed by atoms with E-state index in [0.717, 1.165) is 5.56 Å². The lowest BCUT2D eigenvalue weighted by atomic mass is 10.2. The van der Waals surface area contributed by atoms with Gasteiger partial charge in [-0.2, -0.15) is 8.42 Å². The second-order valence-electron chi connectivity index (χ2n) is 3.91. The zero-order valence-corrected chi connectivity index (χ0v) is 12.2. The first-order chi connectivity index (χ1) is 9.53. The van der Waals surface area contributed by atoms with Crippen LogP contribution in [0.3, 0.4) is 0 Å². The van der Waals surface area contributed by atoms with Gasteiger partial charge in [0.15, 0.2) is 0 Å². The smallest absolute Gasteiger partial charge is 0.218 e. The van der Waals surface area contributed by atoms with Crippen LogP contribution in [0.1, 0.15) is 25.8 Å². The van der Waals surface area contributed by atoms with Crippen LogP contribution in [0.4, 0.5) is 0 Å². The van der Waals surface area contributed by atoms with Gasteiger partial charge in [-0.1, -0.05) is 51.2 Å². The molecule has 1 aromatic carbocycles. The maximum absolute atomic E-state index is 11.1. The molecule has 0 radical (unpaired) electrons. The fraction of sp³-hybridized carbons (Fsp3) is 0.385. The molecule has 0 fully saturated rings. The van der Waals surface area contributed by atoms with E-state index in [0.29, 0.717) is 6.42 Å². The van der Waals surface area contributed by atoms with E-state index in [9.17, 15) is 8.42 Å². The van der Waals surface area contributed by atoms with Crippen molar-refractivity contribution < 1.29 is 26.9 Å². The predicted molar refractivity (Wildman–Crippen MR) is 73.4 cm³/mol. The lowest BCUT2D eigenvalue weighted by Gasteiger charge is -2.08. The van der Waals surface area contributed by atoms with Crippen LogP contribution in [0.5, 0.6) is 0 Å². The highest BCUT2D eigenvalue weighted by atomic mass is 32.3. The SMILES string of the molecule is CCOOS(=O)(=O)OOC(C)C/C=C/c1ccccc1. The molecule has 0 bridgehead atoms. The predicted octanol–water partition coefficient (Wildman–Crippen LogP) is 2.64. The van der Waals surface area contributed by atoms with Gasteiger partial charge < -0.3 is 0 Å². The molecule has 112 valence electrons. The first kappa shape index (κ1) is 16.8. The molecule has 1 aromatic rings. The van der Waals surface area contributed by atoms with Crippen molar-refractivity contribution in [1.29, 1.82) is 0 Å². The van der Waals surface area contributed by atoms with Gasteiger partial charge in [-0.3, -0.25) is 0 Å². The second-order valence-corrected chi connectivity index (χ2v) is 5.00. The zero-order valence-electron chi connectivity index (χ0n) is 11.4. The molecule has 0 saturated heterocycles. The average Bonchev–Trinajstić information content (AvgIpc) is 2.44. The Morgan fingerprint density at radius 2 is 1.90 bits per heavy atom. The summed E-state index contributed by atoms with van der Waals surface area (Å²) in [6.45, 7) is 3.33. The molecule has 0 N–H and O–H groups in total. The summed E-state index contributed by atoms with van der Waals surface area (Å²) in [7, 11) is -4.28. The van der Waals surface area contributed by atoms with Gasteiger partial charge in [0.2, 0.25) is 0 Å². The topological polar surface area (TPSA) is 71.1 Å². The van der Waals surface area contributed by atoms with E-state index in [4.69, 9.17) is 4.89 Å². The van der Waals surface area contributed by atoms with Crippen LogP contribution in [0, 0.1) is 0 Å². The summed E-state index contributed by atoms with van der Waals surface area (Å²) in [5.41, 5.74) is 1.05. The molecule has 7 heteroatoms. The first-order valence-electron chi connectivity index (χ1n) is 6.16. The minimum atomic E-state index is -4.28. The maximum atomic E-state index is 11.1. The lowest BCUT2D eigenvalue weighted by molar-refractivity contribution is -0.273. The number of benzene rings is 1. The molecular weight excluding hydrogens is 284 g/mol. The van der Waals surface area contributed by atoms with Crippen LogP contribution in [0.25, 0.3) is 6.08 Å². The molecule has 0 aliphatic rings. The molecule has 0 saturated carbocycles. The molecule has 6 nitrogen and oxygen atoms in total. The van der Waals surface area contributed by atoms with Gasteiger partial charge in [-0.05, 0) is 25.8 Å². The van der Waals surface area contributed by atoms with Crippen LogP contribution in [-0.2, 0) is 28.8 Å².